The number of ether oxygens (including phenoxy) is 1. The van der Waals surface area contributed by atoms with Gasteiger partial charge in [0, 0.05) is 6.08 Å². The van der Waals surface area contributed by atoms with E-state index in [9.17, 15) is 44.5 Å². The van der Waals surface area contributed by atoms with Gasteiger partial charge in [-0.2, -0.15) is 22.0 Å². The average Bonchev–Trinajstić information content (AvgIpc) is 2.26. The van der Waals surface area contributed by atoms with Crippen molar-refractivity contribution >= 4 is 21.7 Å². The summed E-state index contributed by atoms with van der Waals surface area (Å²) in [5, 5.41) is -5.89. The fourth-order valence-corrected chi connectivity index (χ4v) is 1.61. The third-order valence-corrected chi connectivity index (χ3v) is 2.98. The van der Waals surface area contributed by atoms with Crippen molar-refractivity contribution in [2.75, 3.05) is 0 Å². The van der Waals surface area contributed by atoms with Crippen molar-refractivity contribution in [2.24, 2.45) is 0 Å². The van der Waals surface area contributed by atoms with Crippen LogP contribution in [0.15, 0.2) is 24.0 Å². The minimum absolute atomic E-state index is 0.161. The minimum Gasteiger partial charge on any atom is -0.743 e. The molecule has 1 aliphatic rings. The number of hydrogen-bond donors (Lipinski definition) is 0. The van der Waals surface area contributed by atoms with Crippen molar-refractivity contribution in [2.45, 2.75) is 17.5 Å². The van der Waals surface area contributed by atoms with Crippen LogP contribution < -0.4 is 0 Å². The fourth-order valence-electron chi connectivity index (χ4n) is 1.16. The Balaban J connectivity index is 3.25. The molecule has 6 nitrogen and oxygen atoms in total. The molecule has 0 aromatic heterocycles. The molecular weight excluding hydrogens is 331 g/mol. The van der Waals surface area contributed by atoms with Crippen LogP contribution in [0.4, 0.5) is 22.0 Å². The highest BCUT2D eigenvalue weighted by atomic mass is 32.2. The number of rotatable bonds is 4. The van der Waals surface area contributed by atoms with Gasteiger partial charge >= 0.3 is 11.4 Å². The highest BCUT2D eigenvalue weighted by Crippen LogP contribution is 2.39. The first-order chi connectivity index (χ1) is 9.26. The number of carbonyl (C=O) groups excluding carboxylic acids is 2. The lowest BCUT2D eigenvalue weighted by molar-refractivity contribution is -0.253. The molecule has 0 aromatic carbocycles. The van der Waals surface area contributed by atoms with Gasteiger partial charge in [-0.3, -0.25) is 9.59 Å². The minimum atomic E-state index is -6.74. The van der Waals surface area contributed by atoms with Crippen molar-refractivity contribution in [1.29, 1.82) is 0 Å². The van der Waals surface area contributed by atoms with Gasteiger partial charge in [-0.1, -0.05) is 0 Å². The molecule has 0 heterocycles. The monoisotopic (exact) mass is 335 g/mol. The summed E-state index contributed by atoms with van der Waals surface area (Å²) in [5.74, 6) is -3.87. The second-order valence-electron chi connectivity index (χ2n) is 3.66. The van der Waals surface area contributed by atoms with E-state index in [4.69, 9.17) is 0 Å². The molecule has 0 saturated carbocycles. The summed E-state index contributed by atoms with van der Waals surface area (Å²) in [4.78, 5) is 22.0. The first-order valence-corrected chi connectivity index (χ1v) is 6.22. The lowest BCUT2D eigenvalue weighted by Crippen LogP contribution is -2.51. The number of ketones is 2. The Bertz CT molecular complexity index is 630. The largest absolute Gasteiger partial charge is 0.743 e. The predicted molar refractivity (Wildman–Crippen MR) is 52.8 cm³/mol. The van der Waals surface area contributed by atoms with Crippen molar-refractivity contribution in [3.8, 4) is 0 Å². The van der Waals surface area contributed by atoms with E-state index in [1.165, 1.54) is 0 Å². The zero-order valence-corrected chi connectivity index (χ0v) is 10.4. The van der Waals surface area contributed by atoms with Gasteiger partial charge in [0.15, 0.2) is 21.7 Å². The van der Waals surface area contributed by atoms with E-state index in [1.54, 1.807) is 0 Å². The molecule has 0 amide bonds. The molecule has 1 aliphatic carbocycles. The van der Waals surface area contributed by atoms with Crippen LogP contribution in [0.3, 0.4) is 0 Å². The Labute approximate surface area is 113 Å². The van der Waals surface area contributed by atoms with Crippen LogP contribution in [0.2, 0.25) is 0 Å². The van der Waals surface area contributed by atoms with Crippen LogP contribution in [0.25, 0.3) is 0 Å². The standard InChI is InChI=1S/C9H5F5O6S/c10-8(11,12)7(9(13,14)21(17,18)19)20-6-3-4(15)1-2-5(6)16/h1-3,7H,(H,17,18,19)/p-1. The lowest BCUT2D eigenvalue weighted by Gasteiger charge is -2.30. The SMILES string of the molecule is O=C1C=CC(=O)C(OC(C(F)(F)F)C(F)(F)S(=O)(=O)[O-])=C1. The van der Waals surface area contributed by atoms with Crippen LogP contribution in [0, 0.1) is 0 Å². The van der Waals surface area contributed by atoms with E-state index in [0.717, 1.165) is 0 Å². The summed E-state index contributed by atoms with van der Waals surface area (Å²) in [6.45, 7) is 0. The Morgan fingerprint density at radius 1 is 1.10 bits per heavy atom. The third-order valence-electron chi connectivity index (χ3n) is 2.10. The summed E-state index contributed by atoms with van der Waals surface area (Å²) in [7, 11) is -6.74. The van der Waals surface area contributed by atoms with Crippen LogP contribution in [-0.4, -0.2) is 42.1 Å². The molecule has 0 N–H and O–H groups in total. The van der Waals surface area contributed by atoms with Gasteiger partial charge in [-0.05, 0) is 12.2 Å². The van der Waals surface area contributed by atoms with Crippen LogP contribution in [0.5, 0.6) is 0 Å². The Hall–Kier alpha value is -1.82. The van der Waals surface area contributed by atoms with E-state index < -0.39 is 45.0 Å². The zero-order chi connectivity index (χ0) is 16.6. The smallest absolute Gasteiger partial charge is 0.432 e. The highest BCUT2D eigenvalue weighted by molar-refractivity contribution is 7.86. The molecule has 1 unspecified atom stereocenters. The lowest BCUT2D eigenvalue weighted by atomic mass is 10.1. The first-order valence-electron chi connectivity index (χ1n) is 4.81. The molecule has 0 bridgehead atoms. The van der Waals surface area contributed by atoms with E-state index in [2.05, 4.69) is 4.74 Å². The van der Waals surface area contributed by atoms with Gasteiger partial charge in [0.2, 0.25) is 5.78 Å². The highest BCUT2D eigenvalue weighted by Gasteiger charge is 2.62. The molecule has 0 saturated heterocycles. The molecule has 1 atom stereocenters. The van der Waals surface area contributed by atoms with E-state index >= 15 is 0 Å². The molecule has 0 aliphatic heterocycles. The molecular formula is C9H4F5O6S-. The van der Waals surface area contributed by atoms with E-state index in [-0.39, 0.29) is 6.08 Å². The predicted octanol–water partition coefficient (Wildman–Crippen LogP) is 0.664. The summed E-state index contributed by atoms with van der Waals surface area (Å²) >= 11 is 0. The molecule has 118 valence electrons. The number of alkyl halides is 5. The maximum absolute atomic E-state index is 13.1. The van der Waals surface area contributed by atoms with E-state index in [0.29, 0.717) is 12.2 Å². The van der Waals surface area contributed by atoms with Gasteiger partial charge in [0.1, 0.15) is 0 Å². The van der Waals surface area contributed by atoms with E-state index in [1.807, 2.05) is 0 Å². The molecule has 1 rings (SSSR count). The number of allylic oxidation sites excluding steroid dienone is 3. The second kappa shape index (κ2) is 5.18. The summed E-state index contributed by atoms with van der Waals surface area (Å²) < 4.78 is 98.0. The molecule has 0 radical (unpaired) electrons. The number of hydrogen-bond acceptors (Lipinski definition) is 6. The Morgan fingerprint density at radius 2 is 1.62 bits per heavy atom. The number of halogens is 5. The Morgan fingerprint density at radius 3 is 2.05 bits per heavy atom. The second-order valence-corrected chi connectivity index (χ2v) is 5.12. The van der Waals surface area contributed by atoms with Gasteiger partial charge < -0.3 is 9.29 Å². The summed E-state index contributed by atoms with van der Waals surface area (Å²) in [5.41, 5.74) is 0. The average molecular weight is 335 g/mol. The van der Waals surface area contributed by atoms with Gasteiger partial charge in [-0.25, -0.2) is 8.42 Å². The van der Waals surface area contributed by atoms with Crippen molar-refractivity contribution in [3.05, 3.63) is 24.0 Å². The summed E-state index contributed by atoms with van der Waals surface area (Å²) in [6.07, 6.45) is -9.20. The van der Waals surface area contributed by atoms with Crippen molar-refractivity contribution in [1.82, 2.24) is 0 Å². The van der Waals surface area contributed by atoms with Crippen molar-refractivity contribution in [3.63, 3.8) is 0 Å². The zero-order valence-electron chi connectivity index (χ0n) is 9.56. The maximum atomic E-state index is 13.1. The molecule has 0 aromatic rings. The topological polar surface area (TPSA) is 101 Å². The van der Waals surface area contributed by atoms with Gasteiger partial charge in [0.05, 0.1) is 0 Å². The first kappa shape index (κ1) is 17.2. The normalized spacial score (nSPS) is 18.5. The fraction of sp³-hybridized carbons (Fsp3) is 0.333. The molecule has 0 fully saturated rings. The van der Waals surface area contributed by atoms with Crippen LogP contribution in [-0.2, 0) is 24.4 Å². The third kappa shape index (κ3) is 3.64. The number of carbonyl (C=O) groups is 2. The quantitative estimate of drug-likeness (QED) is 0.425. The van der Waals surface area contributed by atoms with Gasteiger partial charge in [0.25, 0.3) is 6.10 Å². The van der Waals surface area contributed by atoms with Crippen LogP contribution >= 0.6 is 0 Å². The van der Waals surface area contributed by atoms with Crippen molar-refractivity contribution < 1.29 is 49.2 Å². The van der Waals surface area contributed by atoms with Gasteiger partial charge in [-0.15, -0.1) is 0 Å². The summed E-state index contributed by atoms with van der Waals surface area (Å²) in [6, 6.07) is 0. The molecule has 12 heteroatoms. The maximum Gasteiger partial charge on any atom is 0.432 e. The molecule has 0 spiro atoms. The Kier molecular flexibility index (Phi) is 4.25. The molecule has 21 heavy (non-hydrogen) atoms. The van der Waals surface area contributed by atoms with Crippen LogP contribution in [0.1, 0.15) is 0 Å².